The fourth-order valence-electron chi connectivity index (χ4n) is 3.62. The highest BCUT2D eigenvalue weighted by Crippen LogP contribution is 2.32. The van der Waals surface area contributed by atoms with E-state index in [1.807, 2.05) is 24.3 Å². The lowest BCUT2D eigenvalue weighted by atomic mass is 10.1. The molecule has 2 N–H and O–H groups in total. The van der Waals surface area contributed by atoms with Gasteiger partial charge in [0.15, 0.2) is 6.61 Å². The number of anilines is 2. The van der Waals surface area contributed by atoms with E-state index in [4.69, 9.17) is 9.47 Å². The van der Waals surface area contributed by atoms with Crippen LogP contribution in [-0.2, 0) is 16.0 Å². The second-order valence-corrected chi connectivity index (χ2v) is 7.97. The van der Waals surface area contributed by atoms with E-state index in [0.29, 0.717) is 39.3 Å². The van der Waals surface area contributed by atoms with Gasteiger partial charge in [0, 0.05) is 28.4 Å². The molecule has 0 aliphatic rings. The zero-order valence-corrected chi connectivity index (χ0v) is 20.0. The Hall–Kier alpha value is -4.46. The van der Waals surface area contributed by atoms with Gasteiger partial charge >= 0.3 is 12.0 Å². The van der Waals surface area contributed by atoms with Crippen molar-refractivity contribution < 1.29 is 23.5 Å². The van der Waals surface area contributed by atoms with Gasteiger partial charge in [-0.25, -0.2) is 19.0 Å². The Morgan fingerprint density at radius 3 is 2.28 bits per heavy atom. The van der Waals surface area contributed by atoms with Gasteiger partial charge in [-0.15, -0.1) is 0 Å². The molecular formula is C28H26FN3O4. The number of aromatic nitrogens is 1. The highest BCUT2D eigenvalue weighted by atomic mass is 19.1. The second-order valence-electron chi connectivity index (χ2n) is 7.97. The number of aryl methyl sites for hydroxylation is 1. The number of esters is 1. The average Bonchev–Trinajstić information content (AvgIpc) is 2.88. The Kier molecular flexibility index (Phi) is 7.75. The van der Waals surface area contributed by atoms with E-state index in [1.54, 1.807) is 43.3 Å². The van der Waals surface area contributed by atoms with Gasteiger partial charge in [0.1, 0.15) is 11.6 Å². The van der Waals surface area contributed by atoms with Crippen molar-refractivity contribution in [3.8, 4) is 17.0 Å². The number of halogens is 1. The number of nitrogens with zero attached hydrogens (tertiary/aromatic N) is 1. The smallest absolute Gasteiger partial charge is 0.344 e. The van der Waals surface area contributed by atoms with E-state index in [1.165, 1.54) is 17.7 Å². The monoisotopic (exact) mass is 487 g/mol. The Morgan fingerprint density at radius 1 is 0.889 bits per heavy atom. The van der Waals surface area contributed by atoms with E-state index >= 15 is 0 Å². The molecule has 0 radical (unpaired) electrons. The molecule has 1 heterocycles. The zero-order chi connectivity index (χ0) is 25.5. The third-order valence-electron chi connectivity index (χ3n) is 5.44. The molecule has 4 rings (SSSR count). The summed E-state index contributed by atoms with van der Waals surface area (Å²) >= 11 is 0. The molecule has 8 heteroatoms. The van der Waals surface area contributed by atoms with Crippen LogP contribution >= 0.6 is 0 Å². The van der Waals surface area contributed by atoms with Crippen molar-refractivity contribution in [1.29, 1.82) is 0 Å². The van der Waals surface area contributed by atoms with Crippen LogP contribution in [0.25, 0.3) is 22.2 Å². The number of hydrogen-bond acceptors (Lipinski definition) is 5. The van der Waals surface area contributed by atoms with Crippen molar-refractivity contribution in [2.45, 2.75) is 20.3 Å². The first kappa shape index (κ1) is 24.7. The van der Waals surface area contributed by atoms with Crippen molar-refractivity contribution in [2.24, 2.45) is 0 Å². The van der Waals surface area contributed by atoms with Crippen LogP contribution in [-0.4, -0.2) is 30.2 Å². The number of hydrogen-bond donors (Lipinski definition) is 2. The van der Waals surface area contributed by atoms with E-state index in [-0.39, 0.29) is 19.0 Å². The van der Waals surface area contributed by atoms with Gasteiger partial charge in [-0.1, -0.05) is 19.1 Å². The predicted molar refractivity (Wildman–Crippen MR) is 138 cm³/mol. The summed E-state index contributed by atoms with van der Waals surface area (Å²) < 4.78 is 24.1. The van der Waals surface area contributed by atoms with Gasteiger partial charge in [-0.2, -0.15) is 0 Å². The number of carbonyl (C=O) groups excluding carboxylic acids is 2. The maximum atomic E-state index is 13.4. The van der Waals surface area contributed by atoms with Crippen LogP contribution in [0.5, 0.6) is 5.75 Å². The van der Waals surface area contributed by atoms with Crippen molar-refractivity contribution in [1.82, 2.24) is 4.98 Å². The first-order valence-electron chi connectivity index (χ1n) is 11.6. The summed E-state index contributed by atoms with van der Waals surface area (Å²) in [6.45, 7) is 3.73. The van der Waals surface area contributed by atoms with E-state index in [9.17, 15) is 14.0 Å². The zero-order valence-electron chi connectivity index (χ0n) is 20.0. The Morgan fingerprint density at radius 2 is 1.58 bits per heavy atom. The highest BCUT2D eigenvalue weighted by Gasteiger charge is 2.13. The molecule has 0 fully saturated rings. The van der Waals surface area contributed by atoms with Crippen LogP contribution in [0, 0.1) is 5.82 Å². The molecule has 2 amide bonds. The number of fused-ring (bicyclic) bond motifs is 1. The van der Waals surface area contributed by atoms with Gasteiger partial charge in [0.05, 0.1) is 17.8 Å². The van der Waals surface area contributed by atoms with Crippen LogP contribution < -0.4 is 15.4 Å². The molecule has 36 heavy (non-hydrogen) atoms. The molecule has 7 nitrogen and oxygen atoms in total. The SMILES string of the molecule is CCOC(=O)COc1cc(-c2ccc(F)cc2)nc2ccc(NC(=O)Nc3ccc(CC)cc3)cc12. The maximum Gasteiger partial charge on any atom is 0.344 e. The molecule has 0 saturated heterocycles. The Labute approximate surface area is 208 Å². The van der Waals surface area contributed by atoms with Crippen LogP contribution in [0.15, 0.2) is 72.8 Å². The summed E-state index contributed by atoms with van der Waals surface area (Å²) in [5.74, 6) is -0.478. The minimum absolute atomic E-state index is 0.241. The molecule has 184 valence electrons. The normalized spacial score (nSPS) is 10.6. The average molecular weight is 488 g/mol. The van der Waals surface area contributed by atoms with Crippen LogP contribution in [0.2, 0.25) is 0 Å². The van der Waals surface area contributed by atoms with Gasteiger partial charge < -0.3 is 20.1 Å². The molecular weight excluding hydrogens is 461 g/mol. The summed E-state index contributed by atoms with van der Waals surface area (Å²) in [7, 11) is 0. The highest BCUT2D eigenvalue weighted by molar-refractivity contribution is 6.01. The number of rotatable bonds is 8. The molecule has 1 aromatic heterocycles. The summed E-state index contributed by atoms with van der Waals surface area (Å²) in [4.78, 5) is 29.1. The minimum atomic E-state index is -0.506. The van der Waals surface area contributed by atoms with E-state index < -0.39 is 12.0 Å². The molecule has 0 aliphatic carbocycles. The molecule has 0 spiro atoms. The number of amides is 2. The summed E-state index contributed by atoms with van der Waals surface area (Å²) in [5.41, 5.74) is 4.19. The van der Waals surface area contributed by atoms with Crippen LogP contribution in [0.3, 0.4) is 0 Å². The van der Waals surface area contributed by atoms with E-state index in [2.05, 4.69) is 22.5 Å². The first-order valence-corrected chi connectivity index (χ1v) is 11.6. The third-order valence-corrected chi connectivity index (χ3v) is 5.44. The number of urea groups is 1. The van der Waals surface area contributed by atoms with Gasteiger partial charge in [-0.3, -0.25) is 0 Å². The lowest BCUT2D eigenvalue weighted by Crippen LogP contribution is -2.19. The van der Waals surface area contributed by atoms with Crippen LogP contribution in [0.4, 0.5) is 20.6 Å². The summed E-state index contributed by atoms with van der Waals surface area (Å²) in [6, 6.07) is 20.0. The molecule has 0 unspecified atom stereocenters. The van der Waals surface area contributed by atoms with E-state index in [0.717, 1.165) is 6.42 Å². The van der Waals surface area contributed by atoms with Gasteiger partial charge in [-0.05, 0) is 73.5 Å². The summed E-state index contributed by atoms with van der Waals surface area (Å²) in [5, 5.41) is 6.21. The topological polar surface area (TPSA) is 89.6 Å². The van der Waals surface area contributed by atoms with Crippen molar-refractivity contribution in [3.05, 3.63) is 84.2 Å². The van der Waals surface area contributed by atoms with Gasteiger partial charge in [0.25, 0.3) is 0 Å². The molecule has 0 aliphatic heterocycles. The Bertz CT molecular complexity index is 1370. The summed E-state index contributed by atoms with van der Waals surface area (Å²) in [6.07, 6.45) is 0.918. The van der Waals surface area contributed by atoms with Crippen LogP contribution in [0.1, 0.15) is 19.4 Å². The maximum absolute atomic E-state index is 13.4. The quantitative estimate of drug-likeness (QED) is 0.289. The number of benzene rings is 3. The lowest BCUT2D eigenvalue weighted by Gasteiger charge is -2.13. The number of pyridine rings is 1. The standard InChI is InChI=1S/C28H26FN3O4/c1-3-18-5-11-21(12-6-18)30-28(34)31-22-13-14-24-23(15-22)26(36-17-27(33)35-4-2)16-25(32-24)19-7-9-20(29)10-8-19/h5-16H,3-4,17H2,1-2H3,(H2,30,31,34). The lowest BCUT2D eigenvalue weighted by molar-refractivity contribution is -0.145. The number of carbonyl (C=O) groups is 2. The number of ether oxygens (including phenoxy) is 2. The first-order chi connectivity index (χ1) is 17.4. The largest absolute Gasteiger partial charge is 0.481 e. The second kappa shape index (κ2) is 11.3. The van der Waals surface area contributed by atoms with Gasteiger partial charge in [0.2, 0.25) is 0 Å². The fraction of sp³-hybridized carbons (Fsp3) is 0.179. The Balaban J connectivity index is 1.61. The predicted octanol–water partition coefficient (Wildman–Crippen LogP) is 6.19. The van der Waals surface area contributed by atoms with Crippen molar-refractivity contribution in [3.63, 3.8) is 0 Å². The number of nitrogens with one attached hydrogen (secondary N) is 2. The fourth-order valence-corrected chi connectivity index (χ4v) is 3.62. The molecule has 4 aromatic rings. The molecule has 0 saturated carbocycles. The molecule has 0 bridgehead atoms. The molecule has 3 aromatic carbocycles. The third kappa shape index (κ3) is 6.15. The van der Waals surface area contributed by atoms with Crippen molar-refractivity contribution >= 4 is 34.3 Å². The minimum Gasteiger partial charge on any atom is -0.481 e. The molecule has 0 atom stereocenters. The van der Waals surface area contributed by atoms with Crippen molar-refractivity contribution in [2.75, 3.05) is 23.8 Å².